The lowest BCUT2D eigenvalue weighted by Crippen LogP contribution is -2.61. The minimum Gasteiger partial charge on any atom is -0.466 e. The van der Waals surface area contributed by atoms with E-state index in [-0.39, 0.29) is 28.8 Å². The highest BCUT2D eigenvalue weighted by Crippen LogP contribution is 2.25. The second kappa shape index (κ2) is 17.2. The van der Waals surface area contributed by atoms with Gasteiger partial charge in [-0.2, -0.15) is 0 Å². The first-order chi connectivity index (χ1) is 20.8. The first-order valence-corrected chi connectivity index (χ1v) is 14.4. The van der Waals surface area contributed by atoms with Crippen molar-refractivity contribution in [1.29, 1.82) is 0 Å². The molecule has 0 aliphatic rings. The second-order valence-electron chi connectivity index (χ2n) is 9.92. The number of carbonyl (C=O) groups is 6. The quantitative estimate of drug-likeness (QED) is 0.215. The molecule has 3 amide bonds. The third-order valence-electron chi connectivity index (χ3n) is 6.39. The zero-order valence-electron chi connectivity index (χ0n) is 24.7. The van der Waals surface area contributed by atoms with Crippen LogP contribution in [0.2, 0.25) is 10.0 Å². The molecule has 2 aromatic carbocycles. The largest absolute Gasteiger partial charge is 0.466 e. The predicted molar refractivity (Wildman–Crippen MR) is 161 cm³/mol. The molecule has 3 atom stereocenters. The van der Waals surface area contributed by atoms with Gasteiger partial charge in [0.1, 0.15) is 24.7 Å². The molecule has 2 rings (SSSR count). The van der Waals surface area contributed by atoms with Gasteiger partial charge in [-0.25, -0.2) is 9.59 Å². The molecule has 0 radical (unpaired) electrons. The summed E-state index contributed by atoms with van der Waals surface area (Å²) in [6.45, 7) is 4.97. The van der Waals surface area contributed by atoms with Crippen LogP contribution in [0.5, 0.6) is 0 Å². The smallest absolute Gasteiger partial charge is 0.408 e. The maximum Gasteiger partial charge on any atom is 0.408 e. The Labute approximate surface area is 265 Å². The maximum absolute atomic E-state index is 14.0. The topological polar surface area (TPSA) is 171 Å². The molecule has 0 saturated heterocycles. The van der Waals surface area contributed by atoms with Crippen molar-refractivity contribution in [1.82, 2.24) is 10.2 Å². The monoisotopic (exact) mass is 651 g/mol. The lowest BCUT2D eigenvalue weighted by atomic mass is 9.98. The number of primary amides is 1. The lowest BCUT2D eigenvalue weighted by molar-refractivity contribution is -0.154. The Hall–Kier alpha value is -4.16. The second-order valence-corrected chi connectivity index (χ2v) is 10.7. The van der Waals surface area contributed by atoms with Crippen molar-refractivity contribution in [2.45, 2.75) is 58.8 Å². The lowest BCUT2D eigenvalue weighted by Gasteiger charge is -2.37. The van der Waals surface area contributed by atoms with E-state index in [1.807, 2.05) is 0 Å². The first kappa shape index (κ1) is 36.0. The molecule has 14 heteroatoms. The Kier molecular flexibility index (Phi) is 14.1. The fourth-order valence-electron chi connectivity index (χ4n) is 4.06. The zero-order chi connectivity index (χ0) is 33.0. The molecule has 0 bridgehead atoms. The number of benzene rings is 2. The zero-order valence-corrected chi connectivity index (χ0v) is 26.2. The number of carbonyl (C=O) groups excluding carboxylic acids is 6. The molecular formula is C30H35Cl2N3O9. The third kappa shape index (κ3) is 10.2. The van der Waals surface area contributed by atoms with Crippen molar-refractivity contribution in [2.75, 3.05) is 13.2 Å². The number of rotatable bonds is 15. The molecule has 2 aromatic rings. The third-order valence-corrected chi connectivity index (χ3v) is 7.02. The minimum atomic E-state index is -1.68. The number of nitrogens with one attached hydrogen (secondary N) is 1. The van der Waals surface area contributed by atoms with Crippen LogP contribution >= 0.6 is 23.2 Å². The Morgan fingerprint density at radius 1 is 0.886 bits per heavy atom. The maximum atomic E-state index is 14.0. The van der Waals surface area contributed by atoms with Gasteiger partial charge in [0.05, 0.1) is 28.6 Å². The number of ketones is 1. The van der Waals surface area contributed by atoms with E-state index >= 15 is 0 Å². The first-order valence-electron chi connectivity index (χ1n) is 13.7. The number of ether oxygens (including phenoxy) is 3. The van der Waals surface area contributed by atoms with Gasteiger partial charge in [0.2, 0.25) is 11.8 Å². The average molecular weight is 653 g/mol. The van der Waals surface area contributed by atoms with Gasteiger partial charge in [-0.1, -0.05) is 73.4 Å². The summed E-state index contributed by atoms with van der Waals surface area (Å²) < 4.78 is 15.4. The summed E-state index contributed by atoms with van der Waals surface area (Å²) >= 11 is 12.1. The number of nitrogens with zero attached hydrogens (tertiary/aromatic N) is 1. The number of alkyl carbamates (subject to hydrolysis) is 1. The number of nitrogens with two attached hydrogens (primary N) is 1. The van der Waals surface area contributed by atoms with Gasteiger partial charge in [-0.05, 0) is 37.5 Å². The molecule has 0 spiro atoms. The summed E-state index contributed by atoms with van der Waals surface area (Å²) in [6.07, 6.45) is -1.64. The van der Waals surface area contributed by atoms with E-state index in [0.717, 1.165) is 4.90 Å². The van der Waals surface area contributed by atoms with Crippen LogP contribution in [0.25, 0.3) is 0 Å². The van der Waals surface area contributed by atoms with Gasteiger partial charge in [0.25, 0.3) is 0 Å². The van der Waals surface area contributed by atoms with Crippen LogP contribution < -0.4 is 11.1 Å². The number of hydrogen-bond donors (Lipinski definition) is 2. The normalized spacial score (nSPS) is 12.8. The molecule has 0 aliphatic carbocycles. The van der Waals surface area contributed by atoms with Crippen molar-refractivity contribution in [2.24, 2.45) is 11.7 Å². The van der Waals surface area contributed by atoms with Crippen molar-refractivity contribution >= 4 is 58.8 Å². The average Bonchev–Trinajstić information content (AvgIpc) is 2.97. The molecule has 0 aromatic heterocycles. The van der Waals surface area contributed by atoms with Crippen LogP contribution in [0.4, 0.5) is 4.79 Å². The minimum absolute atomic E-state index is 0.0258. The van der Waals surface area contributed by atoms with Crippen molar-refractivity contribution in [3.8, 4) is 0 Å². The fraction of sp³-hybridized carbons (Fsp3) is 0.400. The van der Waals surface area contributed by atoms with Gasteiger partial charge >= 0.3 is 18.0 Å². The predicted octanol–water partition coefficient (Wildman–Crippen LogP) is 3.69. The Morgan fingerprint density at radius 3 is 2.05 bits per heavy atom. The van der Waals surface area contributed by atoms with Gasteiger partial charge < -0.3 is 30.2 Å². The van der Waals surface area contributed by atoms with Crippen molar-refractivity contribution in [3.05, 3.63) is 69.7 Å². The Bertz CT molecular complexity index is 1330. The van der Waals surface area contributed by atoms with Gasteiger partial charge in [-0.3, -0.25) is 19.2 Å². The van der Waals surface area contributed by atoms with Crippen LogP contribution in [0.1, 0.15) is 50.0 Å². The fourth-order valence-corrected chi connectivity index (χ4v) is 4.61. The van der Waals surface area contributed by atoms with Crippen LogP contribution in [-0.4, -0.2) is 71.9 Å². The van der Waals surface area contributed by atoms with Crippen molar-refractivity contribution in [3.63, 3.8) is 0 Å². The Balaban J connectivity index is 2.38. The molecule has 0 unspecified atom stereocenters. The molecule has 0 aliphatic heterocycles. The SMILES string of the molecule is CCOC(=O)C[C@@H](C(=O)COC(=O)c1c(Cl)cccc1Cl)N(C(=O)[C@@H](NC(=O)OCc1ccccc1)C(C)C)[C@@H](C)C(N)=O. The highest BCUT2D eigenvalue weighted by Gasteiger charge is 2.41. The van der Waals surface area contributed by atoms with E-state index in [4.69, 9.17) is 43.1 Å². The van der Waals surface area contributed by atoms with E-state index in [1.54, 1.807) is 51.1 Å². The molecule has 0 saturated carbocycles. The summed E-state index contributed by atoms with van der Waals surface area (Å²) in [5.74, 6) is -5.34. The highest BCUT2D eigenvalue weighted by atomic mass is 35.5. The van der Waals surface area contributed by atoms with Crippen LogP contribution in [-0.2, 0) is 40.0 Å². The molecule has 44 heavy (non-hydrogen) atoms. The van der Waals surface area contributed by atoms with Crippen LogP contribution in [0.3, 0.4) is 0 Å². The summed E-state index contributed by atoms with van der Waals surface area (Å²) in [5.41, 5.74) is 6.04. The Morgan fingerprint density at radius 2 is 1.50 bits per heavy atom. The van der Waals surface area contributed by atoms with Gasteiger partial charge in [-0.15, -0.1) is 0 Å². The number of hydrogen-bond acceptors (Lipinski definition) is 9. The van der Waals surface area contributed by atoms with E-state index in [1.165, 1.54) is 25.1 Å². The molecular weight excluding hydrogens is 617 g/mol. The summed E-state index contributed by atoms with van der Waals surface area (Å²) in [7, 11) is 0. The standard InChI is InChI=1S/C30H35Cl2N3O9/c1-5-42-24(37)14-22(23(36)16-43-29(40)25-20(31)12-9-13-21(25)32)35(18(4)27(33)38)28(39)26(17(2)3)34-30(41)44-15-19-10-7-6-8-11-19/h6-13,17-18,22,26H,5,14-16H2,1-4H3,(H2,33,38)(H,34,41)/t18-,22-,26-/m0/s1. The molecule has 0 fully saturated rings. The van der Waals surface area contributed by atoms with E-state index in [0.29, 0.717) is 5.56 Å². The number of esters is 2. The van der Waals surface area contributed by atoms with Crippen molar-refractivity contribution < 1.29 is 43.0 Å². The van der Waals surface area contributed by atoms with Crippen LogP contribution in [0.15, 0.2) is 48.5 Å². The van der Waals surface area contributed by atoms with Gasteiger partial charge in [0.15, 0.2) is 12.4 Å². The summed E-state index contributed by atoms with van der Waals surface area (Å²) in [4.78, 5) is 78.6. The summed E-state index contributed by atoms with van der Waals surface area (Å²) in [5, 5.41) is 2.42. The number of halogens is 2. The number of amides is 3. The van der Waals surface area contributed by atoms with E-state index in [2.05, 4.69) is 5.32 Å². The van der Waals surface area contributed by atoms with E-state index in [9.17, 15) is 28.8 Å². The van der Waals surface area contributed by atoms with Crippen LogP contribution in [0, 0.1) is 5.92 Å². The molecule has 0 heterocycles. The van der Waals surface area contributed by atoms with Gasteiger partial charge in [0, 0.05) is 0 Å². The molecule has 12 nitrogen and oxygen atoms in total. The summed E-state index contributed by atoms with van der Waals surface area (Å²) in [6, 6.07) is 8.68. The number of Topliss-reactive ketones (excluding diaryl/α,β-unsaturated/α-hetero) is 1. The molecule has 238 valence electrons. The molecule has 3 N–H and O–H groups in total. The van der Waals surface area contributed by atoms with E-state index < -0.39 is 72.7 Å². The highest BCUT2D eigenvalue weighted by molar-refractivity contribution is 6.39.